The molecule has 140 valence electrons. The van der Waals surface area contributed by atoms with Gasteiger partial charge in [0.1, 0.15) is 0 Å². The summed E-state index contributed by atoms with van der Waals surface area (Å²) >= 11 is 5.68. The summed E-state index contributed by atoms with van der Waals surface area (Å²) in [5.74, 6) is 0.997. The van der Waals surface area contributed by atoms with Crippen LogP contribution in [0.1, 0.15) is 13.8 Å². The van der Waals surface area contributed by atoms with Crippen LogP contribution in [0.4, 0.5) is 11.9 Å². The van der Waals surface area contributed by atoms with Crippen LogP contribution in [0.15, 0.2) is 48.8 Å². The van der Waals surface area contributed by atoms with Gasteiger partial charge in [-0.15, -0.1) is 0 Å². The average molecular weight is 386 g/mol. The summed E-state index contributed by atoms with van der Waals surface area (Å²) in [6.07, 6.45) is 4.29. The van der Waals surface area contributed by atoms with Gasteiger partial charge in [0, 0.05) is 37.4 Å². The quantitative estimate of drug-likeness (QED) is 0.674. The zero-order valence-corrected chi connectivity index (χ0v) is 16.3. The van der Waals surface area contributed by atoms with Crippen molar-refractivity contribution in [1.29, 1.82) is 0 Å². The van der Waals surface area contributed by atoms with E-state index in [0.29, 0.717) is 11.9 Å². The summed E-state index contributed by atoms with van der Waals surface area (Å²) in [5.41, 5.74) is 2.61. The molecule has 1 aliphatic rings. The molecule has 0 aliphatic carbocycles. The van der Waals surface area contributed by atoms with Crippen molar-refractivity contribution in [3.05, 3.63) is 54.1 Å². The van der Waals surface area contributed by atoms with Crippen LogP contribution < -0.4 is 19.8 Å². The van der Waals surface area contributed by atoms with E-state index in [-0.39, 0.29) is 5.28 Å². The number of pyridine rings is 2. The fourth-order valence-electron chi connectivity index (χ4n) is 2.85. The second-order valence-corrected chi connectivity index (χ2v) is 6.21. The van der Waals surface area contributed by atoms with Crippen LogP contribution in [0.25, 0.3) is 11.4 Å². The Kier molecular flexibility index (Phi) is 6.49. The van der Waals surface area contributed by atoms with Crippen molar-refractivity contribution in [2.24, 2.45) is 0 Å². The molecule has 7 nitrogen and oxygen atoms in total. The Bertz CT molecular complexity index is 831. The van der Waals surface area contributed by atoms with Gasteiger partial charge in [0.15, 0.2) is 12.4 Å². The summed E-state index contributed by atoms with van der Waals surface area (Å²) in [6, 6.07) is 12.7. The Morgan fingerprint density at radius 3 is 1.74 bits per heavy atom. The van der Waals surface area contributed by atoms with E-state index in [2.05, 4.69) is 83.5 Å². The fraction of sp³-hybridized carbons (Fsp3) is 0.316. The first-order valence-corrected chi connectivity index (χ1v) is 9.45. The highest BCUT2D eigenvalue weighted by Crippen LogP contribution is 2.12. The molecule has 0 atom stereocenters. The maximum Gasteiger partial charge on any atom is 0.277 e. The fourth-order valence-corrected chi connectivity index (χ4v) is 3.01. The summed E-state index contributed by atoms with van der Waals surface area (Å²) in [7, 11) is 0. The first-order chi connectivity index (χ1) is 13.2. The first kappa shape index (κ1) is 19.0. The van der Waals surface area contributed by atoms with E-state index in [1.165, 1.54) is 11.4 Å². The Balaban J connectivity index is 0.000000157. The Hall–Kier alpha value is -2.80. The van der Waals surface area contributed by atoms with E-state index in [0.717, 1.165) is 26.2 Å². The lowest BCUT2D eigenvalue weighted by molar-refractivity contribution is -0.794. The van der Waals surface area contributed by atoms with E-state index in [9.17, 15) is 0 Å². The van der Waals surface area contributed by atoms with Gasteiger partial charge in [-0.1, -0.05) is 0 Å². The van der Waals surface area contributed by atoms with E-state index in [1.807, 2.05) is 13.8 Å². The van der Waals surface area contributed by atoms with Gasteiger partial charge < -0.3 is 10.6 Å². The van der Waals surface area contributed by atoms with Gasteiger partial charge in [-0.3, -0.25) is 0 Å². The van der Waals surface area contributed by atoms with Crippen LogP contribution in [-0.4, -0.2) is 28.0 Å². The molecule has 0 saturated heterocycles. The molecule has 27 heavy (non-hydrogen) atoms. The Morgan fingerprint density at radius 2 is 1.30 bits per heavy atom. The molecule has 0 aromatic carbocycles. The standard InChI is InChI=1S/C12H12N2.C7H12ClN5/c1-3-7-13-9-10-14-8-4-2-6-12(14)11(13)5-1;1-3-9-6-11-5(8)12-7(13-6)10-4-2/h1-8H,9-10H2;3-4H2,1-2H3,(H2,9,10,11,12,13)/q+2;. The summed E-state index contributed by atoms with van der Waals surface area (Å²) in [5, 5.41) is 6.12. The number of halogens is 1. The minimum absolute atomic E-state index is 0.196. The minimum atomic E-state index is 0.196. The minimum Gasteiger partial charge on any atom is -0.354 e. The van der Waals surface area contributed by atoms with Crippen LogP contribution in [0.5, 0.6) is 0 Å². The molecule has 2 N–H and O–H groups in total. The Morgan fingerprint density at radius 1 is 0.815 bits per heavy atom. The molecule has 0 radical (unpaired) electrons. The molecule has 0 bridgehead atoms. The van der Waals surface area contributed by atoms with Gasteiger partial charge in [-0.2, -0.15) is 24.1 Å². The maximum absolute atomic E-state index is 5.68. The number of rotatable bonds is 4. The number of aromatic nitrogens is 5. The van der Waals surface area contributed by atoms with Crippen molar-refractivity contribution in [2.45, 2.75) is 26.9 Å². The average Bonchev–Trinajstić information content (AvgIpc) is 2.68. The van der Waals surface area contributed by atoms with Crippen molar-refractivity contribution >= 4 is 23.5 Å². The topological polar surface area (TPSA) is 70.5 Å². The third kappa shape index (κ3) is 4.89. The summed E-state index contributed by atoms with van der Waals surface area (Å²) in [4.78, 5) is 11.9. The van der Waals surface area contributed by atoms with Crippen LogP contribution in [-0.2, 0) is 13.1 Å². The van der Waals surface area contributed by atoms with Crippen LogP contribution >= 0.6 is 11.6 Å². The number of nitrogens with zero attached hydrogens (tertiary/aromatic N) is 5. The summed E-state index contributed by atoms with van der Waals surface area (Å²) in [6.45, 7) is 7.57. The van der Waals surface area contributed by atoms with E-state index in [4.69, 9.17) is 11.6 Å². The second kappa shape index (κ2) is 9.23. The van der Waals surface area contributed by atoms with Gasteiger partial charge >= 0.3 is 0 Å². The highest BCUT2D eigenvalue weighted by Gasteiger charge is 2.27. The number of hydrogen-bond acceptors (Lipinski definition) is 5. The third-order valence-electron chi connectivity index (χ3n) is 4.00. The van der Waals surface area contributed by atoms with Crippen molar-refractivity contribution in [1.82, 2.24) is 15.0 Å². The first-order valence-electron chi connectivity index (χ1n) is 9.08. The van der Waals surface area contributed by atoms with Crippen molar-refractivity contribution < 1.29 is 9.13 Å². The van der Waals surface area contributed by atoms with E-state index >= 15 is 0 Å². The third-order valence-corrected chi connectivity index (χ3v) is 4.17. The zero-order valence-electron chi connectivity index (χ0n) is 15.6. The second-order valence-electron chi connectivity index (χ2n) is 5.87. The highest BCUT2D eigenvalue weighted by atomic mass is 35.5. The van der Waals surface area contributed by atoms with Crippen molar-refractivity contribution in [3.8, 4) is 11.4 Å². The smallest absolute Gasteiger partial charge is 0.277 e. The number of anilines is 2. The molecule has 4 rings (SSSR count). The SMILES string of the molecule is CCNc1nc(Cl)nc(NCC)n1.c1cc[n+]2c(c1)-c1cccc[n+]1CC2. The lowest BCUT2D eigenvalue weighted by atomic mass is 10.2. The van der Waals surface area contributed by atoms with Gasteiger partial charge in [-0.05, 0) is 37.6 Å². The molecular weight excluding hydrogens is 362 g/mol. The van der Waals surface area contributed by atoms with Gasteiger partial charge in [0.2, 0.25) is 30.3 Å². The van der Waals surface area contributed by atoms with Gasteiger partial charge in [0.05, 0.1) is 0 Å². The molecule has 0 unspecified atom stereocenters. The van der Waals surface area contributed by atoms with Crippen LogP contribution in [0, 0.1) is 0 Å². The van der Waals surface area contributed by atoms with E-state index < -0.39 is 0 Å². The molecule has 3 aromatic heterocycles. The molecule has 0 fully saturated rings. The maximum atomic E-state index is 5.68. The largest absolute Gasteiger partial charge is 0.354 e. The molecule has 8 heteroatoms. The number of fused-ring (bicyclic) bond motifs is 3. The molecular formula is C19H24ClN7+2. The molecule has 3 aromatic rings. The molecule has 1 aliphatic heterocycles. The van der Waals surface area contributed by atoms with Gasteiger partial charge in [-0.25, -0.2) is 0 Å². The summed E-state index contributed by atoms with van der Waals surface area (Å²) < 4.78 is 4.60. The Labute approximate surface area is 164 Å². The highest BCUT2D eigenvalue weighted by molar-refractivity contribution is 6.28. The van der Waals surface area contributed by atoms with Gasteiger partial charge in [0.25, 0.3) is 11.4 Å². The lowest BCUT2D eigenvalue weighted by Crippen LogP contribution is -2.52. The van der Waals surface area contributed by atoms with E-state index in [1.54, 1.807) is 0 Å². The zero-order chi connectivity index (χ0) is 19.1. The number of nitrogens with one attached hydrogen (secondary N) is 2. The van der Waals surface area contributed by atoms with Crippen LogP contribution in [0.3, 0.4) is 0 Å². The van der Waals surface area contributed by atoms with Crippen molar-refractivity contribution in [3.63, 3.8) is 0 Å². The number of hydrogen-bond donors (Lipinski definition) is 2. The predicted molar refractivity (Wildman–Crippen MR) is 105 cm³/mol. The number of aryl methyl sites for hydroxylation is 2. The molecule has 0 amide bonds. The molecule has 4 heterocycles. The molecule has 0 saturated carbocycles. The lowest BCUT2D eigenvalue weighted by Gasteiger charge is -2.08. The normalized spacial score (nSPS) is 11.5. The van der Waals surface area contributed by atoms with Crippen molar-refractivity contribution in [2.75, 3.05) is 23.7 Å². The molecule has 0 spiro atoms. The predicted octanol–water partition coefficient (Wildman–Crippen LogP) is 2.33. The monoisotopic (exact) mass is 385 g/mol. The van der Waals surface area contributed by atoms with Crippen LogP contribution in [0.2, 0.25) is 5.28 Å².